The van der Waals surface area contributed by atoms with Gasteiger partial charge in [-0.05, 0) is 30.2 Å². The number of sulfonamides is 1. The summed E-state index contributed by atoms with van der Waals surface area (Å²) in [6.45, 7) is 2.06. The van der Waals surface area contributed by atoms with Crippen molar-refractivity contribution in [1.82, 2.24) is 4.31 Å². The van der Waals surface area contributed by atoms with E-state index in [1.54, 1.807) is 12.1 Å². The molecule has 0 radical (unpaired) electrons. The van der Waals surface area contributed by atoms with Crippen molar-refractivity contribution in [2.75, 3.05) is 37.7 Å². The minimum Gasteiger partial charge on any atom is -0.379 e. The summed E-state index contributed by atoms with van der Waals surface area (Å²) in [4.78, 5) is 13.0. The van der Waals surface area contributed by atoms with Crippen LogP contribution in [0.3, 0.4) is 0 Å². The Bertz CT molecular complexity index is 668. The van der Waals surface area contributed by atoms with E-state index < -0.39 is 16.1 Å². The molecule has 1 fully saturated rings. The Morgan fingerprint density at radius 1 is 1.19 bits per heavy atom. The summed E-state index contributed by atoms with van der Waals surface area (Å²) in [5.74, 6) is 0. The van der Waals surface area contributed by atoms with E-state index >= 15 is 0 Å². The van der Waals surface area contributed by atoms with Crippen LogP contribution < -0.4 is 10.6 Å². The number of carbonyl (C=O) groups is 1. The van der Waals surface area contributed by atoms with E-state index in [0.717, 1.165) is 5.56 Å². The Morgan fingerprint density at radius 3 is 2.57 bits per heavy atom. The zero-order chi connectivity index (χ0) is 15.0. The third-order valence-corrected chi connectivity index (χ3v) is 5.71. The van der Waals surface area contributed by atoms with Gasteiger partial charge in [0, 0.05) is 25.3 Å². The zero-order valence-corrected chi connectivity index (χ0v) is 12.3. The molecule has 114 valence electrons. The number of primary amides is 1. The molecule has 0 aromatic heterocycles. The molecule has 0 unspecified atom stereocenters. The maximum atomic E-state index is 12.6. The average Bonchev–Trinajstić information content (AvgIpc) is 2.91. The first-order chi connectivity index (χ1) is 10.00. The first-order valence-corrected chi connectivity index (χ1v) is 8.22. The lowest BCUT2D eigenvalue weighted by molar-refractivity contribution is 0.0730. The fraction of sp³-hybridized carbons (Fsp3) is 0.462. The normalized spacial score (nSPS) is 19.5. The van der Waals surface area contributed by atoms with Gasteiger partial charge in [-0.1, -0.05) is 0 Å². The quantitative estimate of drug-likeness (QED) is 0.841. The average molecular weight is 311 g/mol. The van der Waals surface area contributed by atoms with E-state index in [4.69, 9.17) is 10.5 Å². The Hall–Kier alpha value is -1.64. The predicted molar refractivity (Wildman–Crippen MR) is 76.7 cm³/mol. The number of nitrogens with two attached hydrogens (primary N) is 1. The summed E-state index contributed by atoms with van der Waals surface area (Å²) in [6, 6.07) is 4.31. The molecule has 0 bridgehead atoms. The molecule has 3 rings (SSSR count). The van der Waals surface area contributed by atoms with E-state index in [2.05, 4.69) is 0 Å². The Morgan fingerprint density at radius 2 is 1.90 bits per heavy atom. The number of carbonyl (C=O) groups excluding carboxylic acids is 1. The number of ether oxygens (including phenoxy) is 1. The summed E-state index contributed by atoms with van der Waals surface area (Å²) < 4.78 is 31.7. The lowest BCUT2D eigenvalue weighted by Crippen LogP contribution is -2.40. The molecule has 0 atom stereocenters. The van der Waals surface area contributed by atoms with Gasteiger partial charge in [0.2, 0.25) is 10.0 Å². The standard InChI is InChI=1S/C13H17N3O4S/c14-13(17)16-4-3-10-9-11(1-2-12(10)16)21(18,19)15-5-7-20-8-6-15/h1-2,9H,3-8H2,(H2,14,17). The molecule has 2 aliphatic rings. The second-order valence-electron chi connectivity index (χ2n) is 5.05. The molecule has 7 nitrogen and oxygen atoms in total. The monoisotopic (exact) mass is 311 g/mol. The number of nitrogens with zero attached hydrogens (tertiary/aromatic N) is 2. The number of hydrogen-bond acceptors (Lipinski definition) is 4. The van der Waals surface area contributed by atoms with Crippen LogP contribution in [0.15, 0.2) is 23.1 Å². The summed E-state index contributed by atoms with van der Waals surface area (Å²) >= 11 is 0. The van der Waals surface area contributed by atoms with Crippen molar-refractivity contribution in [2.45, 2.75) is 11.3 Å². The Kier molecular flexibility index (Phi) is 3.60. The number of fused-ring (bicyclic) bond motifs is 1. The minimum atomic E-state index is -3.50. The van der Waals surface area contributed by atoms with Crippen LogP contribution in [0.1, 0.15) is 5.56 Å². The molecule has 0 spiro atoms. The number of urea groups is 1. The third-order valence-electron chi connectivity index (χ3n) is 3.82. The van der Waals surface area contributed by atoms with Crippen molar-refractivity contribution in [3.63, 3.8) is 0 Å². The van der Waals surface area contributed by atoms with Crippen LogP contribution >= 0.6 is 0 Å². The fourth-order valence-electron chi connectivity index (χ4n) is 2.70. The lowest BCUT2D eigenvalue weighted by atomic mass is 10.2. The topological polar surface area (TPSA) is 92.9 Å². The number of benzene rings is 1. The molecular formula is C13H17N3O4S. The van der Waals surface area contributed by atoms with Gasteiger partial charge in [-0.2, -0.15) is 4.31 Å². The van der Waals surface area contributed by atoms with Crippen LogP contribution in [-0.2, 0) is 21.2 Å². The van der Waals surface area contributed by atoms with Crippen molar-refractivity contribution in [3.05, 3.63) is 23.8 Å². The highest BCUT2D eigenvalue weighted by Crippen LogP contribution is 2.31. The van der Waals surface area contributed by atoms with Gasteiger partial charge in [0.15, 0.2) is 0 Å². The molecule has 2 N–H and O–H groups in total. The van der Waals surface area contributed by atoms with E-state index in [1.807, 2.05) is 0 Å². The van der Waals surface area contributed by atoms with Gasteiger partial charge < -0.3 is 10.5 Å². The van der Waals surface area contributed by atoms with Gasteiger partial charge in [0.25, 0.3) is 0 Å². The van der Waals surface area contributed by atoms with Gasteiger partial charge in [-0.25, -0.2) is 13.2 Å². The third kappa shape index (κ3) is 2.50. The van der Waals surface area contributed by atoms with Crippen LogP contribution in [0, 0.1) is 0 Å². The number of rotatable bonds is 2. The fourth-order valence-corrected chi connectivity index (χ4v) is 4.16. The largest absolute Gasteiger partial charge is 0.379 e. The Labute approximate surface area is 123 Å². The number of morpholine rings is 1. The Balaban J connectivity index is 1.92. The molecule has 2 aliphatic heterocycles. The van der Waals surface area contributed by atoms with Crippen LogP contribution in [0.5, 0.6) is 0 Å². The first-order valence-electron chi connectivity index (χ1n) is 6.78. The maximum Gasteiger partial charge on any atom is 0.319 e. The number of hydrogen-bond donors (Lipinski definition) is 1. The van der Waals surface area contributed by atoms with Crippen molar-refractivity contribution >= 4 is 21.7 Å². The highest BCUT2D eigenvalue weighted by atomic mass is 32.2. The van der Waals surface area contributed by atoms with Crippen LogP contribution in [0.25, 0.3) is 0 Å². The molecule has 8 heteroatoms. The van der Waals surface area contributed by atoms with Gasteiger partial charge in [0.05, 0.1) is 18.1 Å². The van der Waals surface area contributed by atoms with Gasteiger partial charge >= 0.3 is 6.03 Å². The predicted octanol–water partition coefficient (Wildman–Crippen LogP) is 0.149. The van der Waals surface area contributed by atoms with E-state index in [9.17, 15) is 13.2 Å². The summed E-state index contributed by atoms with van der Waals surface area (Å²) in [6.07, 6.45) is 0.616. The number of anilines is 1. The second kappa shape index (κ2) is 5.28. The van der Waals surface area contributed by atoms with E-state index in [-0.39, 0.29) is 4.90 Å². The van der Waals surface area contributed by atoms with Gasteiger partial charge in [0.1, 0.15) is 0 Å². The lowest BCUT2D eigenvalue weighted by Gasteiger charge is -2.26. The molecule has 0 saturated carbocycles. The van der Waals surface area contributed by atoms with Crippen LogP contribution in [0.2, 0.25) is 0 Å². The molecular weight excluding hydrogens is 294 g/mol. The van der Waals surface area contributed by atoms with E-state index in [0.29, 0.717) is 45.0 Å². The molecule has 2 amide bonds. The highest BCUT2D eigenvalue weighted by molar-refractivity contribution is 7.89. The van der Waals surface area contributed by atoms with Gasteiger partial charge in [-0.15, -0.1) is 0 Å². The van der Waals surface area contributed by atoms with Crippen LogP contribution in [0.4, 0.5) is 10.5 Å². The summed E-state index contributed by atoms with van der Waals surface area (Å²) in [5.41, 5.74) is 6.83. The van der Waals surface area contributed by atoms with Crippen molar-refractivity contribution in [2.24, 2.45) is 5.73 Å². The molecule has 2 heterocycles. The SMILES string of the molecule is NC(=O)N1CCc2cc(S(=O)(=O)N3CCOCC3)ccc21. The summed E-state index contributed by atoms with van der Waals surface area (Å²) in [7, 11) is -3.50. The van der Waals surface area contributed by atoms with E-state index in [1.165, 1.54) is 15.3 Å². The smallest absolute Gasteiger partial charge is 0.319 e. The van der Waals surface area contributed by atoms with Gasteiger partial charge in [-0.3, -0.25) is 4.90 Å². The first kappa shape index (κ1) is 14.3. The zero-order valence-electron chi connectivity index (χ0n) is 11.5. The molecule has 1 aromatic rings. The molecule has 0 aliphatic carbocycles. The van der Waals surface area contributed by atoms with Crippen LogP contribution in [-0.4, -0.2) is 51.6 Å². The maximum absolute atomic E-state index is 12.6. The summed E-state index contributed by atoms with van der Waals surface area (Å²) in [5, 5.41) is 0. The van der Waals surface area contributed by atoms with Crippen molar-refractivity contribution < 1.29 is 17.9 Å². The molecule has 21 heavy (non-hydrogen) atoms. The minimum absolute atomic E-state index is 0.259. The second-order valence-corrected chi connectivity index (χ2v) is 6.98. The number of amides is 2. The molecule has 1 saturated heterocycles. The van der Waals surface area contributed by atoms with Crippen molar-refractivity contribution in [3.8, 4) is 0 Å². The highest BCUT2D eigenvalue weighted by Gasteiger charge is 2.29. The van der Waals surface area contributed by atoms with Crippen molar-refractivity contribution in [1.29, 1.82) is 0 Å². The molecule has 1 aromatic carbocycles.